The van der Waals surface area contributed by atoms with Gasteiger partial charge < -0.3 is 12.4 Å². The Kier molecular flexibility index (Phi) is 6.25. The van der Waals surface area contributed by atoms with Crippen molar-refractivity contribution in [1.29, 1.82) is 0 Å². The van der Waals surface area contributed by atoms with E-state index >= 15 is 0 Å². The molecule has 0 atom stereocenters. The Morgan fingerprint density at radius 2 is 0.969 bits per heavy atom. The summed E-state index contributed by atoms with van der Waals surface area (Å²) in [5.74, 6) is 0. The summed E-state index contributed by atoms with van der Waals surface area (Å²) >= 11 is 0. The molecule has 0 aliphatic rings. The summed E-state index contributed by atoms with van der Waals surface area (Å²) in [5.41, 5.74) is 6.97. The molecule has 2 nitrogen and oxygen atoms in total. The summed E-state index contributed by atoms with van der Waals surface area (Å²) in [6, 6.07) is 23.9. The van der Waals surface area contributed by atoms with Crippen LogP contribution in [0.1, 0.15) is 27.8 Å². The number of fused-ring (bicyclic) bond motifs is 2. The van der Waals surface area contributed by atoms with E-state index in [1.807, 2.05) is 0 Å². The lowest BCUT2D eigenvalue weighted by atomic mass is 9.93. The van der Waals surface area contributed by atoms with Crippen LogP contribution in [0, 0.1) is 20.8 Å². The van der Waals surface area contributed by atoms with Gasteiger partial charge in [-0.1, -0.05) is 42.5 Å². The molecule has 0 saturated carbocycles. The Balaban J connectivity index is 0.00000245. The molecule has 5 rings (SSSR count). The number of aryl methyl sites for hydroxylation is 2. The summed E-state index contributed by atoms with van der Waals surface area (Å²) in [7, 11) is 0. The molecule has 160 valence electrons. The van der Waals surface area contributed by atoms with Crippen molar-refractivity contribution in [1.82, 2.24) is 0 Å². The summed E-state index contributed by atoms with van der Waals surface area (Å²) in [4.78, 5) is 0. The maximum Gasteiger partial charge on any atom is 0.176 e. The van der Waals surface area contributed by atoms with Crippen LogP contribution in [0.15, 0.2) is 91.5 Å². The molecule has 3 aromatic carbocycles. The zero-order valence-corrected chi connectivity index (χ0v) is 19.6. The van der Waals surface area contributed by atoms with Crippen LogP contribution >= 0.6 is 0 Å². The maximum absolute atomic E-state index is 2.35. The van der Waals surface area contributed by atoms with Gasteiger partial charge in [-0.2, -0.15) is 0 Å². The molecular formula is C29H28ClN2+. The van der Waals surface area contributed by atoms with E-state index in [1.54, 1.807) is 0 Å². The predicted molar refractivity (Wildman–Crippen MR) is 127 cm³/mol. The number of nitrogens with zero attached hydrogens (tertiary/aromatic N) is 2. The van der Waals surface area contributed by atoms with Gasteiger partial charge in [-0.05, 0) is 60.4 Å². The fourth-order valence-corrected chi connectivity index (χ4v) is 4.68. The average molecular weight is 440 g/mol. The van der Waals surface area contributed by atoms with E-state index < -0.39 is 0 Å². The fraction of sp³-hybridized carbons (Fsp3) is 0.172. The van der Waals surface area contributed by atoms with E-state index in [2.05, 4.69) is 121 Å². The van der Waals surface area contributed by atoms with Gasteiger partial charge in [0.05, 0.1) is 0 Å². The van der Waals surface area contributed by atoms with Crippen LogP contribution in [0.5, 0.6) is 0 Å². The minimum Gasteiger partial charge on any atom is -1.00 e. The van der Waals surface area contributed by atoms with Crippen LogP contribution in [0.25, 0.3) is 21.5 Å². The first-order valence-electron chi connectivity index (χ1n) is 10.9. The lowest BCUT2D eigenvalue weighted by molar-refractivity contribution is -0.688. The quantitative estimate of drug-likeness (QED) is 0.380. The largest absolute Gasteiger partial charge is 1.00 e. The van der Waals surface area contributed by atoms with Gasteiger partial charge in [0, 0.05) is 34.0 Å². The number of hydrogen-bond donors (Lipinski definition) is 0. The monoisotopic (exact) mass is 439 g/mol. The third kappa shape index (κ3) is 4.24. The summed E-state index contributed by atoms with van der Waals surface area (Å²) < 4.78 is 4.61. The highest BCUT2D eigenvalue weighted by molar-refractivity contribution is 5.81. The second-order valence-corrected chi connectivity index (χ2v) is 8.58. The Morgan fingerprint density at radius 3 is 1.41 bits per heavy atom. The van der Waals surface area contributed by atoms with Crippen molar-refractivity contribution >= 4 is 21.5 Å². The fourth-order valence-electron chi connectivity index (χ4n) is 4.68. The molecule has 0 saturated heterocycles. The first-order chi connectivity index (χ1) is 15.1. The standard InChI is InChI=1S/C29H28N2.ClH/c1-21-16-22(2)29(20-31-15-13-25-9-5-7-11-27(25)18-31)23(3)28(21)19-30-14-12-24-8-4-6-10-26(24)17-30;/h4-18H,19-20H2,1-3H3;1H/q+2;/p-1. The third-order valence-electron chi connectivity index (χ3n) is 6.46. The van der Waals surface area contributed by atoms with Crippen LogP contribution in [0.2, 0.25) is 0 Å². The van der Waals surface area contributed by atoms with Gasteiger partial charge in [-0.3, -0.25) is 0 Å². The lowest BCUT2D eigenvalue weighted by Crippen LogP contribution is -3.00. The van der Waals surface area contributed by atoms with E-state index in [0.29, 0.717) is 0 Å². The van der Waals surface area contributed by atoms with Crippen molar-refractivity contribution in [3.05, 3.63) is 119 Å². The van der Waals surface area contributed by atoms with Gasteiger partial charge in [0.25, 0.3) is 0 Å². The molecule has 0 amide bonds. The first kappa shape index (κ1) is 22.0. The van der Waals surface area contributed by atoms with Crippen LogP contribution in [0.4, 0.5) is 0 Å². The predicted octanol–water partition coefficient (Wildman–Crippen LogP) is 2.59. The van der Waals surface area contributed by atoms with Gasteiger partial charge in [0.1, 0.15) is 0 Å². The minimum absolute atomic E-state index is 0. The van der Waals surface area contributed by atoms with Crippen molar-refractivity contribution in [2.24, 2.45) is 0 Å². The van der Waals surface area contributed by atoms with E-state index in [9.17, 15) is 0 Å². The molecule has 3 heteroatoms. The Bertz CT molecular complexity index is 1320. The number of hydrogen-bond acceptors (Lipinski definition) is 0. The van der Waals surface area contributed by atoms with Gasteiger partial charge in [-0.25, -0.2) is 9.13 Å². The van der Waals surface area contributed by atoms with E-state index in [1.165, 1.54) is 49.4 Å². The molecule has 0 unspecified atom stereocenters. The third-order valence-corrected chi connectivity index (χ3v) is 6.46. The zero-order valence-electron chi connectivity index (χ0n) is 18.8. The number of pyridine rings is 2. The molecule has 0 fully saturated rings. The molecule has 0 aliphatic heterocycles. The summed E-state index contributed by atoms with van der Waals surface area (Å²) in [6.07, 6.45) is 8.90. The second-order valence-electron chi connectivity index (χ2n) is 8.58. The smallest absolute Gasteiger partial charge is 0.176 e. The Morgan fingerprint density at radius 1 is 0.562 bits per heavy atom. The number of benzene rings is 3. The first-order valence-corrected chi connectivity index (χ1v) is 10.9. The van der Waals surface area contributed by atoms with Gasteiger partial charge in [0.2, 0.25) is 0 Å². The van der Waals surface area contributed by atoms with E-state index in [0.717, 1.165) is 13.1 Å². The molecule has 32 heavy (non-hydrogen) atoms. The van der Waals surface area contributed by atoms with Crippen molar-refractivity contribution in [2.45, 2.75) is 33.9 Å². The summed E-state index contributed by atoms with van der Waals surface area (Å²) in [6.45, 7) is 8.54. The van der Waals surface area contributed by atoms with Crippen molar-refractivity contribution in [3.63, 3.8) is 0 Å². The molecule has 0 spiro atoms. The summed E-state index contributed by atoms with van der Waals surface area (Å²) in [5, 5.41) is 5.12. The SMILES string of the molecule is Cc1cc(C)c(C[n+]2ccc3ccccc3c2)c(C)c1C[n+]1ccc2ccccc2c1.[Cl-]. The van der Waals surface area contributed by atoms with Gasteiger partial charge in [-0.15, -0.1) is 0 Å². The minimum atomic E-state index is 0. The molecule has 2 aromatic heterocycles. The lowest BCUT2D eigenvalue weighted by Gasteiger charge is -2.14. The molecule has 0 N–H and O–H groups in total. The Hall–Kier alpha value is -3.23. The molecule has 0 radical (unpaired) electrons. The maximum atomic E-state index is 2.35. The van der Waals surface area contributed by atoms with E-state index in [4.69, 9.17) is 0 Å². The molecule has 0 aliphatic carbocycles. The van der Waals surface area contributed by atoms with Gasteiger partial charge in [0.15, 0.2) is 37.9 Å². The Labute approximate surface area is 196 Å². The number of aromatic nitrogens is 2. The zero-order chi connectivity index (χ0) is 21.4. The van der Waals surface area contributed by atoms with Crippen LogP contribution in [-0.2, 0) is 13.1 Å². The van der Waals surface area contributed by atoms with Crippen LogP contribution in [-0.4, -0.2) is 0 Å². The van der Waals surface area contributed by atoms with Gasteiger partial charge >= 0.3 is 0 Å². The van der Waals surface area contributed by atoms with Crippen molar-refractivity contribution in [2.75, 3.05) is 0 Å². The normalized spacial score (nSPS) is 11.0. The number of halogens is 1. The number of rotatable bonds is 4. The molecular weight excluding hydrogens is 412 g/mol. The molecule has 2 heterocycles. The van der Waals surface area contributed by atoms with Crippen LogP contribution in [0.3, 0.4) is 0 Å². The topological polar surface area (TPSA) is 7.76 Å². The van der Waals surface area contributed by atoms with Crippen LogP contribution < -0.4 is 21.5 Å². The molecule has 5 aromatic rings. The highest BCUT2D eigenvalue weighted by Gasteiger charge is 2.18. The average Bonchev–Trinajstić information content (AvgIpc) is 2.79. The van der Waals surface area contributed by atoms with E-state index in [-0.39, 0.29) is 12.4 Å². The van der Waals surface area contributed by atoms with Crippen molar-refractivity contribution in [3.8, 4) is 0 Å². The highest BCUT2D eigenvalue weighted by Crippen LogP contribution is 2.23. The molecule has 0 bridgehead atoms. The highest BCUT2D eigenvalue weighted by atomic mass is 35.5. The van der Waals surface area contributed by atoms with Crippen molar-refractivity contribution < 1.29 is 21.5 Å². The second kappa shape index (κ2) is 9.10.